The van der Waals surface area contributed by atoms with Gasteiger partial charge in [0, 0.05) is 0 Å². The predicted molar refractivity (Wildman–Crippen MR) is 117 cm³/mol. The van der Waals surface area contributed by atoms with Crippen LogP contribution in [0.4, 0.5) is 0 Å². The van der Waals surface area contributed by atoms with Gasteiger partial charge in [-0.2, -0.15) is 0 Å². The van der Waals surface area contributed by atoms with E-state index < -0.39 is 0 Å². The molecule has 3 rings (SSSR count). The lowest BCUT2D eigenvalue weighted by molar-refractivity contribution is 0.0734. The van der Waals surface area contributed by atoms with E-state index >= 15 is 0 Å². The molecule has 2 nitrogen and oxygen atoms in total. The molecule has 0 amide bonds. The average Bonchev–Trinajstić information content (AvgIpc) is 2.73. The van der Waals surface area contributed by atoms with Gasteiger partial charge in [0.2, 0.25) is 0 Å². The van der Waals surface area contributed by atoms with Gasteiger partial charge in [-0.3, -0.25) is 0 Å². The highest BCUT2D eigenvalue weighted by atomic mass is 16.5. The van der Waals surface area contributed by atoms with Crippen molar-refractivity contribution in [3.63, 3.8) is 0 Å². The van der Waals surface area contributed by atoms with Crippen molar-refractivity contribution in [2.75, 3.05) is 0 Å². The number of ether oxygens (including phenoxy) is 1. The molecule has 1 atom stereocenters. The molecule has 0 unspecified atom stereocenters. The zero-order valence-electron chi connectivity index (χ0n) is 17.2. The first-order valence-electron chi connectivity index (χ1n) is 10.8. The summed E-state index contributed by atoms with van der Waals surface area (Å²) in [6, 6.07) is 15.8. The number of hydrogen-bond donors (Lipinski definition) is 0. The number of unbranched alkanes of at least 4 members (excludes halogenated alkanes) is 3. The molecule has 28 heavy (non-hydrogen) atoms. The van der Waals surface area contributed by atoms with Gasteiger partial charge in [-0.1, -0.05) is 63.5 Å². The van der Waals surface area contributed by atoms with Crippen LogP contribution in [0.5, 0.6) is 5.75 Å². The largest absolute Gasteiger partial charge is 0.423 e. The summed E-state index contributed by atoms with van der Waals surface area (Å²) in [6.07, 6.45) is 12.0. The number of hydrogen-bond acceptors (Lipinski definition) is 2. The second-order valence-corrected chi connectivity index (χ2v) is 8.03. The number of aryl methyl sites for hydroxylation is 1. The van der Waals surface area contributed by atoms with E-state index in [4.69, 9.17) is 4.74 Å². The minimum Gasteiger partial charge on any atom is -0.423 e. The fourth-order valence-electron chi connectivity index (χ4n) is 3.69. The Morgan fingerprint density at radius 3 is 2.39 bits per heavy atom. The predicted octanol–water partition coefficient (Wildman–Crippen LogP) is 7.23. The Kier molecular flexibility index (Phi) is 7.47. The monoisotopic (exact) mass is 376 g/mol. The normalized spacial score (nSPS) is 16.5. The Hall–Kier alpha value is -2.35. The molecule has 2 heteroatoms. The maximum atomic E-state index is 12.4. The molecule has 1 aliphatic rings. The molecule has 0 radical (unpaired) electrons. The van der Waals surface area contributed by atoms with Crippen LogP contribution < -0.4 is 4.74 Å². The van der Waals surface area contributed by atoms with Gasteiger partial charge in [0.05, 0.1) is 5.56 Å². The lowest BCUT2D eigenvalue weighted by atomic mass is 9.87. The number of carbonyl (C=O) groups is 1. The van der Waals surface area contributed by atoms with E-state index in [1.165, 1.54) is 48.8 Å². The first kappa shape index (κ1) is 20.4. The van der Waals surface area contributed by atoms with E-state index in [9.17, 15) is 4.79 Å². The number of benzene rings is 2. The highest BCUT2D eigenvalue weighted by Gasteiger charge is 2.13. The number of rotatable bonds is 8. The highest BCUT2D eigenvalue weighted by Crippen LogP contribution is 2.30. The van der Waals surface area contributed by atoms with Gasteiger partial charge in [0.25, 0.3) is 0 Å². The molecule has 0 aromatic heterocycles. The van der Waals surface area contributed by atoms with Crippen LogP contribution >= 0.6 is 0 Å². The van der Waals surface area contributed by atoms with Gasteiger partial charge in [0.15, 0.2) is 0 Å². The zero-order chi connectivity index (χ0) is 19.8. The first-order valence-corrected chi connectivity index (χ1v) is 10.8. The van der Waals surface area contributed by atoms with Crippen molar-refractivity contribution in [2.45, 2.75) is 65.2 Å². The molecule has 0 aliphatic heterocycles. The third-order valence-electron chi connectivity index (χ3n) is 5.62. The van der Waals surface area contributed by atoms with Crippen LogP contribution in [-0.4, -0.2) is 5.97 Å². The Bertz CT molecular complexity index is 784. The fraction of sp³-hybridized carbons (Fsp3) is 0.423. The maximum absolute atomic E-state index is 12.4. The fourth-order valence-corrected chi connectivity index (χ4v) is 3.69. The van der Waals surface area contributed by atoms with Crippen molar-refractivity contribution in [1.82, 2.24) is 0 Å². The summed E-state index contributed by atoms with van der Waals surface area (Å²) in [5, 5.41) is 0. The molecule has 0 fully saturated rings. The highest BCUT2D eigenvalue weighted by molar-refractivity contribution is 5.91. The summed E-state index contributed by atoms with van der Waals surface area (Å²) in [4.78, 5) is 12.4. The van der Waals surface area contributed by atoms with Crippen molar-refractivity contribution in [2.24, 2.45) is 5.92 Å². The van der Waals surface area contributed by atoms with Gasteiger partial charge >= 0.3 is 5.97 Å². The van der Waals surface area contributed by atoms with Crippen LogP contribution in [0.2, 0.25) is 0 Å². The van der Waals surface area contributed by atoms with E-state index in [0.29, 0.717) is 11.3 Å². The second-order valence-electron chi connectivity index (χ2n) is 8.03. The summed E-state index contributed by atoms with van der Waals surface area (Å²) in [7, 11) is 0. The Balaban J connectivity index is 1.54. The second kappa shape index (κ2) is 10.3. The molecular formula is C26H32O2. The van der Waals surface area contributed by atoms with Crippen LogP contribution in [-0.2, 0) is 6.42 Å². The van der Waals surface area contributed by atoms with Crippen molar-refractivity contribution in [3.8, 4) is 5.75 Å². The first-order chi connectivity index (χ1) is 13.7. The van der Waals surface area contributed by atoms with Gasteiger partial charge < -0.3 is 4.74 Å². The standard InChI is InChI=1S/C26H32O2/c1-3-4-5-6-7-21-10-18-25(19-11-21)28-26(27)24-16-14-23(15-17-24)22-12-8-20(2)9-13-22/h10-12,14-20H,3-9,13H2,1-2H3/t20-/m1/s1. The van der Waals surface area contributed by atoms with Crippen LogP contribution in [0, 0.1) is 5.92 Å². The van der Waals surface area contributed by atoms with Gasteiger partial charge in [-0.15, -0.1) is 0 Å². The van der Waals surface area contributed by atoms with Crippen molar-refractivity contribution in [1.29, 1.82) is 0 Å². The van der Waals surface area contributed by atoms with Crippen LogP contribution in [0.15, 0.2) is 54.6 Å². The molecule has 0 saturated heterocycles. The molecule has 0 saturated carbocycles. The number of allylic oxidation sites excluding steroid dienone is 2. The van der Waals surface area contributed by atoms with Crippen molar-refractivity contribution < 1.29 is 9.53 Å². The third kappa shape index (κ3) is 5.82. The summed E-state index contributed by atoms with van der Waals surface area (Å²) in [5.74, 6) is 1.09. The molecule has 0 N–H and O–H groups in total. The van der Waals surface area contributed by atoms with Gasteiger partial charge in [-0.25, -0.2) is 4.79 Å². The summed E-state index contributed by atoms with van der Waals surface area (Å²) in [5.41, 5.74) is 4.51. The molecule has 148 valence electrons. The molecule has 2 aromatic carbocycles. The third-order valence-corrected chi connectivity index (χ3v) is 5.62. The average molecular weight is 377 g/mol. The van der Waals surface area contributed by atoms with E-state index in [1.54, 1.807) is 0 Å². The summed E-state index contributed by atoms with van der Waals surface area (Å²) in [6.45, 7) is 4.52. The molecule has 0 spiro atoms. The minimum absolute atomic E-state index is 0.298. The molecular weight excluding hydrogens is 344 g/mol. The van der Waals surface area contributed by atoms with Gasteiger partial charge in [0.1, 0.15) is 5.75 Å². The quantitative estimate of drug-likeness (QED) is 0.276. The molecule has 1 aliphatic carbocycles. The number of carbonyl (C=O) groups excluding carboxylic acids is 1. The van der Waals surface area contributed by atoms with E-state index in [1.807, 2.05) is 36.4 Å². The van der Waals surface area contributed by atoms with E-state index in [0.717, 1.165) is 25.2 Å². The zero-order valence-corrected chi connectivity index (χ0v) is 17.2. The van der Waals surface area contributed by atoms with Crippen molar-refractivity contribution in [3.05, 3.63) is 71.3 Å². The smallest absolute Gasteiger partial charge is 0.343 e. The summed E-state index contributed by atoms with van der Waals surface area (Å²) < 4.78 is 5.54. The maximum Gasteiger partial charge on any atom is 0.343 e. The minimum atomic E-state index is -0.298. The lowest BCUT2D eigenvalue weighted by Gasteiger charge is -2.18. The number of esters is 1. The van der Waals surface area contributed by atoms with Gasteiger partial charge in [-0.05, 0) is 79.0 Å². The Morgan fingerprint density at radius 2 is 1.75 bits per heavy atom. The molecule has 0 heterocycles. The van der Waals surface area contributed by atoms with E-state index in [2.05, 4.69) is 32.1 Å². The van der Waals surface area contributed by atoms with Crippen LogP contribution in [0.3, 0.4) is 0 Å². The Morgan fingerprint density at radius 1 is 1.00 bits per heavy atom. The molecule has 0 bridgehead atoms. The van der Waals surface area contributed by atoms with Crippen LogP contribution in [0.1, 0.15) is 80.3 Å². The SMILES string of the molecule is CCCCCCc1ccc(OC(=O)c2ccc(C3=CC[C@@H](C)CC3)cc2)cc1. The lowest BCUT2D eigenvalue weighted by Crippen LogP contribution is -2.08. The molecule has 2 aromatic rings. The van der Waals surface area contributed by atoms with Crippen LogP contribution in [0.25, 0.3) is 5.57 Å². The Labute approximate surface area is 169 Å². The summed E-state index contributed by atoms with van der Waals surface area (Å²) >= 11 is 0. The van der Waals surface area contributed by atoms with E-state index in [-0.39, 0.29) is 5.97 Å². The topological polar surface area (TPSA) is 26.3 Å². The van der Waals surface area contributed by atoms with Crippen molar-refractivity contribution >= 4 is 11.5 Å².